The summed E-state index contributed by atoms with van der Waals surface area (Å²) in [6.45, 7) is -8.16. The van der Waals surface area contributed by atoms with E-state index in [1.165, 1.54) is 0 Å². The van der Waals surface area contributed by atoms with Crippen LogP contribution in [0.5, 0.6) is 0 Å². The predicted molar refractivity (Wildman–Crippen MR) is 422 cm³/mol. The second kappa shape index (κ2) is 49.5. The molecule has 5 amide bonds. The number of nitrogens with two attached hydrogens (primary N) is 1. The van der Waals surface area contributed by atoms with Gasteiger partial charge in [0.15, 0.2) is 62.9 Å². The standard InChI is InChI=1S/C76H128N6O55/c1-17(93)78-33-43(103)57(26(10-87)118-66(33)77)129-67-34(79-18(2)94)45(105)61(30(14-91)123-67)134-74-56(116)63(42(102)32(128-74)16-117-75-64(51(111)41(101)25(9-86)122-75)136-69-36(81-20(4)96)46(106)59(28(12-89)125-69)132-72-53(113)49(109)39(99)23(7-84)120-72)135-76-65(137-70-37(82-21(5)97)47(107)60(29(13-90)126-70)133-73-54(114)50(110)40(100)24(8-85)121-73)55(115)62(31(15-92)127-76)130-68-35(80-19(3)95)44(104)58(27(11-88)124-68)131-71-52(112)48(108)38(98)22(6-83)119-71/h22-76,83-92,98-116H,6-16,77H2,1-5H3,(H,78,93)(H,79,94)(H,80,95)(H,81,96)(H,82,97)/t22-,23-,24-,25-,26-,27-,28-,29-,30-,31-,32-,33-,34-,35-,36-,37-,38+,39+,40+,41-,42-,43-,44-,45-,46-,47-,48+,49+,50+,51+,52-,53-,54-,55+,56+,57-,58-,59-,60-,61-,62-,63+,64+,65+,66-,67+,68+,69+,70+,71+,72+,73+,74+,75+,76-/m1/s1. The van der Waals surface area contributed by atoms with Crippen molar-refractivity contribution in [2.24, 2.45) is 5.73 Å². The fourth-order valence-electron chi connectivity index (χ4n) is 17.9. The van der Waals surface area contributed by atoms with Crippen molar-refractivity contribution in [1.29, 1.82) is 0 Å². The van der Waals surface area contributed by atoms with Crippen molar-refractivity contribution in [3.05, 3.63) is 0 Å². The van der Waals surface area contributed by atoms with Crippen LogP contribution in [0.25, 0.3) is 0 Å². The molecule has 0 aromatic rings. The van der Waals surface area contributed by atoms with Crippen LogP contribution in [0, 0.1) is 0 Å². The Kier molecular flexibility index (Phi) is 40.7. The summed E-state index contributed by atoms with van der Waals surface area (Å²) in [5.74, 6) is -4.79. The van der Waals surface area contributed by atoms with Crippen LogP contribution in [0.1, 0.15) is 34.6 Å². The van der Waals surface area contributed by atoms with Gasteiger partial charge in [-0.1, -0.05) is 0 Å². The van der Waals surface area contributed by atoms with E-state index in [-0.39, 0.29) is 0 Å². The van der Waals surface area contributed by atoms with Gasteiger partial charge < -0.3 is 280 Å². The number of hydrogen-bond acceptors (Lipinski definition) is 56. The van der Waals surface area contributed by atoms with Gasteiger partial charge >= 0.3 is 0 Å². The summed E-state index contributed by atoms with van der Waals surface area (Å²) >= 11 is 0. The van der Waals surface area contributed by atoms with Gasteiger partial charge in [0.05, 0.1) is 78.7 Å². The first-order chi connectivity index (χ1) is 64.9. The Hall–Kier alpha value is -4.69. The van der Waals surface area contributed by atoms with Gasteiger partial charge in [-0.3, -0.25) is 24.0 Å². The number of aliphatic hydroxyl groups excluding tert-OH is 29. The highest BCUT2D eigenvalue weighted by Gasteiger charge is 2.63. The van der Waals surface area contributed by atoms with E-state index in [0.29, 0.717) is 0 Å². The van der Waals surface area contributed by atoms with E-state index in [1.807, 2.05) is 0 Å². The summed E-state index contributed by atoms with van der Waals surface area (Å²) < 4.78 is 127. The van der Waals surface area contributed by atoms with E-state index >= 15 is 0 Å². The molecule has 0 aromatic carbocycles. The first-order valence-electron chi connectivity index (χ1n) is 43.7. The van der Waals surface area contributed by atoms with E-state index in [2.05, 4.69) is 26.6 Å². The molecule has 11 saturated heterocycles. The van der Waals surface area contributed by atoms with Crippen LogP contribution in [-0.2, 0) is 123 Å². The van der Waals surface area contributed by atoms with Crippen LogP contribution in [0.3, 0.4) is 0 Å². The minimum Gasteiger partial charge on any atom is -0.394 e. The molecule has 11 rings (SSSR count). The molecule has 0 spiro atoms. The van der Waals surface area contributed by atoms with E-state index in [0.717, 1.165) is 34.6 Å². The topological polar surface area (TPSA) is 952 Å². The average molecular weight is 2010 g/mol. The molecule has 11 aliphatic heterocycles. The van der Waals surface area contributed by atoms with Crippen molar-refractivity contribution < 1.29 is 272 Å². The van der Waals surface area contributed by atoms with Gasteiger partial charge in [-0.25, -0.2) is 0 Å². The van der Waals surface area contributed by atoms with Gasteiger partial charge in [-0.2, -0.15) is 0 Å². The van der Waals surface area contributed by atoms with Crippen molar-refractivity contribution >= 4 is 29.5 Å². The molecule has 792 valence electrons. The maximum absolute atomic E-state index is 13.4. The zero-order chi connectivity index (χ0) is 101. The highest BCUT2D eigenvalue weighted by Crippen LogP contribution is 2.42. The fraction of sp³-hybridized carbons (Fsp3) is 0.934. The first-order valence-corrected chi connectivity index (χ1v) is 43.7. The van der Waals surface area contributed by atoms with Crippen LogP contribution in [0.2, 0.25) is 0 Å². The number of ether oxygens (including phenoxy) is 21. The summed E-state index contributed by atoms with van der Waals surface area (Å²) in [5, 5.41) is 339. The maximum Gasteiger partial charge on any atom is 0.217 e. The molecule has 0 saturated carbocycles. The Balaban J connectivity index is 0.983. The molecule has 11 heterocycles. The minimum absolute atomic E-state index is 0.750. The number of carbonyl (C=O) groups excluding carboxylic acids is 5. The third-order valence-electron chi connectivity index (χ3n) is 25.1. The lowest BCUT2D eigenvalue weighted by Gasteiger charge is -2.52. The van der Waals surface area contributed by atoms with Crippen LogP contribution in [0.4, 0.5) is 0 Å². The molecule has 0 radical (unpaired) electrons. The molecule has 11 fully saturated rings. The van der Waals surface area contributed by atoms with Gasteiger partial charge in [0.2, 0.25) is 29.5 Å². The minimum atomic E-state index is -2.74. The Morgan fingerprint density at radius 1 is 0.204 bits per heavy atom. The number of carbonyl (C=O) groups is 5. The molecular formula is C76H128N6O55. The number of hydrogen-bond donors (Lipinski definition) is 35. The van der Waals surface area contributed by atoms with E-state index < -0.39 is 440 Å². The number of rotatable bonds is 36. The zero-order valence-corrected chi connectivity index (χ0v) is 73.7. The van der Waals surface area contributed by atoms with E-state index in [4.69, 9.17) is 105 Å². The van der Waals surface area contributed by atoms with Gasteiger partial charge in [-0.05, 0) is 0 Å². The zero-order valence-electron chi connectivity index (χ0n) is 73.7. The second-order valence-electron chi connectivity index (χ2n) is 34.6. The summed E-state index contributed by atoms with van der Waals surface area (Å²) in [5.41, 5.74) is 6.11. The van der Waals surface area contributed by atoms with E-state index in [9.17, 15) is 172 Å². The average Bonchev–Trinajstić information content (AvgIpc) is 0.762. The molecule has 55 atom stereocenters. The van der Waals surface area contributed by atoms with E-state index in [1.54, 1.807) is 0 Å². The molecule has 36 N–H and O–H groups in total. The SMILES string of the molecule is CC(=O)N[C@@H]1[C@@H](O)[C@H](O[C@@H]2O[C@H](CO)[C@@H](O[C@@H]3O[C@H](CO[C@H]4O[C@H](CO)[C@@H](O)[C@H](O)[C@@H]4O[C@@H]4O[C@H](CO)[C@@H](O[C@@H]5O[C@H](CO)[C@H](O)[C@H](O)[C@H]5O)[C@H](O)[C@H]4NC(C)=O)[C@@H](O)[C@H](O[C@H]4O[C@H](CO)[C@@H](O[C@@H]5O[C@H](CO)[C@@H](O[C@@H]6O[C@H](CO)[C@H](O)[C@H](O)[C@H]6O)[C@H](O)[C@H]5NC(C)=O)[C@H](O)[C@@H]4O[C@@H]4O[C@H](CO)[C@@H](O[C@@H]5O[C@H](CO)[C@H](O)[C@H](O)[C@H]5O)[C@H](O)[C@H]4NC(C)=O)[C@@H]3O)[C@H](O)[C@H]2NC(C)=O)[C@@H](CO)O[C@H]1N. The lowest BCUT2D eigenvalue weighted by Crippen LogP contribution is -2.72. The van der Waals surface area contributed by atoms with Gasteiger partial charge in [0.25, 0.3) is 0 Å². The Morgan fingerprint density at radius 2 is 0.416 bits per heavy atom. The largest absolute Gasteiger partial charge is 0.394 e. The Labute approximate surface area is 775 Å². The van der Waals surface area contributed by atoms with Gasteiger partial charge in [0.1, 0.15) is 268 Å². The summed E-state index contributed by atoms with van der Waals surface area (Å²) in [6.07, 6.45) is -108. The molecule has 0 aliphatic carbocycles. The van der Waals surface area contributed by atoms with Gasteiger partial charge in [-0.15, -0.1) is 0 Å². The molecule has 0 bridgehead atoms. The van der Waals surface area contributed by atoms with Crippen molar-refractivity contribution in [3.63, 3.8) is 0 Å². The molecule has 137 heavy (non-hydrogen) atoms. The second-order valence-corrected chi connectivity index (χ2v) is 34.6. The normalized spacial score (nSPS) is 48.9. The number of nitrogens with one attached hydrogen (secondary N) is 5. The highest BCUT2D eigenvalue weighted by molar-refractivity contribution is 5.75. The molecule has 0 aromatic heterocycles. The van der Waals surface area contributed by atoms with Crippen molar-refractivity contribution in [2.75, 3.05) is 72.7 Å². The Morgan fingerprint density at radius 3 is 0.715 bits per heavy atom. The highest BCUT2D eigenvalue weighted by atomic mass is 16.8. The molecule has 61 heteroatoms. The van der Waals surface area contributed by atoms with Crippen LogP contribution < -0.4 is 32.3 Å². The third kappa shape index (κ3) is 25.0. The lowest BCUT2D eigenvalue weighted by molar-refractivity contribution is -0.406. The summed E-state index contributed by atoms with van der Waals surface area (Å²) in [7, 11) is 0. The molecule has 0 unspecified atom stereocenters. The number of amides is 5. The molecule has 11 aliphatic rings. The molecular weight excluding hydrogens is 1880 g/mol. The first kappa shape index (κ1) is 113. The predicted octanol–water partition coefficient (Wildman–Crippen LogP) is -24.3. The van der Waals surface area contributed by atoms with Crippen molar-refractivity contribution in [3.8, 4) is 0 Å². The monoisotopic (exact) mass is 2000 g/mol. The van der Waals surface area contributed by atoms with Crippen LogP contribution in [-0.4, -0.2) is 588 Å². The van der Waals surface area contributed by atoms with Crippen molar-refractivity contribution in [1.82, 2.24) is 26.6 Å². The fourth-order valence-corrected chi connectivity index (χ4v) is 17.9. The quantitative estimate of drug-likeness (QED) is 0.0277. The Bertz CT molecular complexity index is 3780. The summed E-state index contributed by atoms with van der Waals surface area (Å²) in [4.78, 5) is 65.3. The summed E-state index contributed by atoms with van der Waals surface area (Å²) in [6, 6.07) is -9.64. The number of aliphatic hydroxyl groups is 29. The van der Waals surface area contributed by atoms with Gasteiger partial charge in [0, 0.05) is 34.6 Å². The van der Waals surface area contributed by atoms with Crippen LogP contribution >= 0.6 is 0 Å². The molecule has 61 nitrogen and oxygen atoms in total. The van der Waals surface area contributed by atoms with Crippen molar-refractivity contribution in [2.45, 2.75) is 372 Å². The smallest absolute Gasteiger partial charge is 0.217 e. The third-order valence-corrected chi connectivity index (χ3v) is 25.1. The van der Waals surface area contributed by atoms with Crippen LogP contribution in [0.15, 0.2) is 0 Å². The maximum atomic E-state index is 13.4. The lowest BCUT2D eigenvalue weighted by atomic mass is 9.93.